The molecule has 0 radical (unpaired) electrons. The van der Waals surface area contributed by atoms with Gasteiger partial charge in [-0.1, -0.05) is 18.2 Å². The minimum atomic E-state index is 0.627. The Hall–Kier alpha value is -3.94. The van der Waals surface area contributed by atoms with Gasteiger partial charge in [-0.25, -0.2) is 9.67 Å². The Morgan fingerprint density at radius 3 is 2.46 bits per heavy atom. The van der Waals surface area contributed by atoms with Crippen LogP contribution in [0.5, 0.6) is 11.5 Å². The molecule has 0 aliphatic rings. The van der Waals surface area contributed by atoms with E-state index in [0.29, 0.717) is 23.0 Å². The number of fused-ring (bicyclic) bond motifs is 3. The maximum Gasteiger partial charge on any atom is 0.175 e. The van der Waals surface area contributed by atoms with Crippen LogP contribution in [0.2, 0.25) is 0 Å². The Balaban J connectivity index is 1.68. The van der Waals surface area contributed by atoms with Crippen LogP contribution in [-0.2, 0) is 0 Å². The molecule has 8 nitrogen and oxygen atoms in total. The first-order chi connectivity index (χ1) is 13.8. The van der Waals surface area contributed by atoms with E-state index in [0.717, 1.165) is 22.3 Å². The van der Waals surface area contributed by atoms with Gasteiger partial charge >= 0.3 is 0 Å². The van der Waals surface area contributed by atoms with E-state index in [1.165, 1.54) is 0 Å². The van der Waals surface area contributed by atoms with Crippen LogP contribution in [0.25, 0.3) is 33.8 Å². The number of hydrogen-bond acceptors (Lipinski definition) is 6. The average Bonchev–Trinajstić information content (AvgIpc) is 3.37. The van der Waals surface area contributed by atoms with Crippen molar-refractivity contribution in [3.63, 3.8) is 0 Å². The number of hydrogen-bond donors (Lipinski definition) is 0. The minimum absolute atomic E-state index is 0.627. The molecule has 2 aromatic carbocycles. The zero-order valence-corrected chi connectivity index (χ0v) is 15.3. The normalized spacial score (nSPS) is 11.2. The summed E-state index contributed by atoms with van der Waals surface area (Å²) in [5, 5.41) is 14.1. The predicted molar refractivity (Wildman–Crippen MR) is 104 cm³/mol. The van der Waals surface area contributed by atoms with Crippen LogP contribution >= 0.6 is 0 Å². The highest BCUT2D eigenvalue weighted by Gasteiger charge is 2.16. The first kappa shape index (κ1) is 16.2. The van der Waals surface area contributed by atoms with Crippen molar-refractivity contribution < 1.29 is 9.47 Å². The fourth-order valence-electron chi connectivity index (χ4n) is 3.25. The highest BCUT2D eigenvalue weighted by molar-refractivity contribution is 5.90. The molecule has 0 amide bonds. The van der Waals surface area contributed by atoms with E-state index in [-0.39, 0.29) is 0 Å². The van der Waals surface area contributed by atoms with E-state index in [4.69, 9.17) is 9.47 Å². The van der Waals surface area contributed by atoms with Crippen molar-refractivity contribution >= 4 is 16.7 Å². The lowest BCUT2D eigenvalue weighted by Crippen LogP contribution is -1.99. The molecule has 0 bridgehead atoms. The van der Waals surface area contributed by atoms with Crippen molar-refractivity contribution in [3.8, 4) is 28.6 Å². The van der Waals surface area contributed by atoms with E-state index in [1.807, 2.05) is 52.9 Å². The SMILES string of the molecule is COc1ccc(-c2nnc3c4cnn(-c5ccccc5)c4ncn23)cc1OC. The molecule has 0 fully saturated rings. The van der Waals surface area contributed by atoms with Crippen molar-refractivity contribution in [1.29, 1.82) is 0 Å². The number of methoxy groups -OCH3 is 2. The number of aromatic nitrogens is 6. The first-order valence-electron chi connectivity index (χ1n) is 8.65. The van der Waals surface area contributed by atoms with Gasteiger partial charge in [0.1, 0.15) is 6.33 Å². The van der Waals surface area contributed by atoms with Gasteiger partial charge in [0, 0.05) is 5.56 Å². The van der Waals surface area contributed by atoms with Gasteiger partial charge in [-0.3, -0.25) is 4.40 Å². The smallest absolute Gasteiger partial charge is 0.175 e. The summed E-state index contributed by atoms with van der Waals surface area (Å²) >= 11 is 0. The number of para-hydroxylation sites is 1. The summed E-state index contributed by atoms with van der Waals surface area (Å²) in [4.78, 5) is 4.61. The summed E-state index contributed by atoms with van der Waals surface area (Å²) in [5.41, 5.74) is 3.21. The molecular weight excluding hydrogens is 356 g/mol. The minimum Gasteiger partial charge on any atom is -0.493 e. The van der Waals surface area contributed by atoms with Crippen LogP contribution in [0.4, 0.5) is 0 Å². The highest BCUT2D eigenvalue weighted by atomic mass is 16.5. The van der Waals surface area contributed by atoms with Gasteiger partial charge in [0.15, 0.2) is 28.6 Å². The summed E-state index contributed by atoms with van der Waals surface area (Å²) in [6.07, 6.45) is 3.47. The van der Waals surface area contributed by atoms with Crippen molar-refractivity contribution in [1.82, 2.24) is 29.4 Å². The molecule has 3 aromatic heterocycles. The van der Waals surface area contributed by atoms with Crippen LogP contribution in [0.15, 0.2) is 61.1 Å². The molecule has 0 saturated heterocycles. The topological polar surface area (TPSA) is 79.4 Å². The van der Waals surface area contributed by atoms with Gasteiger partial charge in [-0.2, -0.15) is 5.10 Å². The molecule has 0 atom stereocenters. The molecular formula is C20H16N6O2. The molecule has 0 aliphatic carbocycles. The molecule has 0 saturated carbocycles. The fourth-order valence-corrected chi connectivity index (χ4v) is 3.25. The lowest BCUT2D eigenvalue weighted by Gasteiger charge is -2.08. The molecule has 138 valence electrons. The standard InChI is InChI=1S/C20H16N6O2/c1-27-16-9-8-13(10-17(16)28-2)18-23-24-20-15-11-22-26(14-6-4-3-5-7-14)19(15)21-12-25(18)20/h3-12H,1-2H3. The third kappa shape index (κ3) is 2.38. The monoisotopic (exact) mass is 372 g/mol. The van der Waals surface area contributed by atoms with Gasteiger partial charge in [-0.15, -0.1) is 10.2 Å². The Labute approximate surface area is 160 Å². The lowest BCUT2D eigenvalue weighted by molar-refractivity contribution is 0.355. The van der Waals surface area contributed by atoms with Crippen LogP contribution in [0, 0.1) is 0 Å². The Morgan fingerprint density at radius 2 is 1.68 bits per heavy atom. The first-order valence-corrected chi connectivity index (χ1v) is 8.65. The number of ether oxygens (including phenoxy) is 2. The van der Waals surface area contributed by atoms with Gasteiger partial charge in [-0.05, 0) is 30.3 Å². The van der Waals surface area contributed by atoms with E-state index in [2.05, 4.69) is 20.3 Å². The summed E-state index contributed by atoms with van der Waals surface area (Å²) < 4.78 is 14.3. The second kappa shape index (κ2) is 6.34. The molecule has 0 spiro atoms. The average molecular weight is 372 g/mol. The zero-order valence-electron chi connectivity index (χ0n) is 15.3. The van der Waals surface area contributed by atoms with Crippen molar-refractivity contribution in [3.05, 3.63) is 61.1 Å². The number of rotatable bonds is 4. The van der Waals surface area contributed by atoms with Crippen LogP contribution in [0.1, 0.15) is 0 Å². The third-order valence-corrected chi connectivity index (χ3v) is 4.62. The lowest BCUT2D eigenvalue weighted by atomic mass is 10.2. The summed E-state index contributed by atoms with van der Waals surface area (Å²) in [6.45, 7) is 0. The molecule has 0 unspecified atom stereocenters. The maximum absolute atomic E-state index is 5.40. The van der Waals surface area contributed by atoms with Crippen LogP contribution < -0.4 is 9.47 Å². The Bertz CT molecular complexity index is 1290. The fraction of sp³-hybridized carbons (Fsp3) is 0.100. The van der Waals surface area contributed by atoms with Crippen LogP contribution in [-0.4, -0.2) is 43.6 Å². The second-order valence-corrected chi connectivity index (χ2v) is 6.16. The molecule has 5 rings (SSSR count). The van der Waals surface area contributed by atoms with Gasteiger partial charge in [0.05, 0.1) is 31.5 Å². The highest BCUT2D eigenvalue weighted by Crippen LogP contribution is 2.32. The second-order valence-electron chi connectivity index (χ2n) is 6.16. The Morgan fingerprint density at radius 1 is 0.857 bits per heavy atom. The summed E-state index contributed by atoms with van der Waals surface area (Å²) in [7, 11) is 3.21. The largest absolute Gasteiger partial charge is 0.493 e. The third-order valence-electron chi connectivity index (χ3n) is 4.62. The quantitative estimate of drug-likeness (QED) is 0.482. The molecule has 5 aromatic rings. The summed E-state index contributed by atoms with van der Waals surface area (Å²) in [6, 6.07) is 15.5. The van der Waals surface area contributed by atoms with Gasteiger partial charge < -0.3 is 9.47 Å². The molecule has 8 heteroatoms. The van der Waals surface area contributed by atoms with Crippen molar-refractivity contribution in [2.45, 2.75) is 0 Å². The van der Waals surface area contributed by atoms with Crippen molar-refractivity contribution in [2.24, 2.45) is 0 Å². The summed E-state index contributed by atoms with van der Waals surface area (Å²) in [5.74, 6) is 1.95. The van der Waals surface area contributed by atoms with E-state index < -0.39 is 0 Å². The van der Waals surface area contributed by atoms with E-state index in [9.17, 15) is 0 Å². The van der Waals surface area contributed by atoms with Crippen molar-refractivity contribution in [2.75, 3.05) is 14.2 Å². The Kier molecular flexibility index (Phi) is 3.68. The number of benzene rings is 2. The molecule has 0 aliphatic heterocycles. The molecule has 3 heterocycles. The maximum atomic E-state index is 5.40. The zero-order chi connectivity index (χ0) is 19.1. The van der Waals surface area contributed by atoms with Gasteiger partial charge in [0.2, 0.25) is 0 Å². The number of nitrogens with zero attached hydrogens (tertiary/aromatic N) is 6. The van der Waals surface area contributed by atoms with Gasteiger partial charge in [0.25, 0.3) is 0 Å². The predicted octanol–water partition coefficient (Wildman–Crippen LogP) is 3.15. The van der Waals surface area contributed by atoms with Crippen LogP contribution in [0.3, 0.4) is 0 Å². The van der Waals surface area contributed by atoms with E-state index in [1.54, 1.807) is 31.4 Å². The van der Waals surface area contributed by atoms with E-state index >= 15 is 0 Å². The molecule has 28 heavy (non-hydrogen) atoms. The molecule has 0 N–H and O–H groups in total.